The SMILES string of the molecule is Cc1cc(Cl)c(C(=O)Nc2ccc(C(=O)O)cn2)cn1. The topological polar surface area (TPSA) is 92.2 Å². The second-order valence-corrected chi connectivity index (χ2v) is 4.40. The standard InChI is InChI=1S/C13H10ClN3O3/c1-7-4-10(14)9(6-15-7)12(18)17-11-3-2-8(5-16-11)13(19)20/h2-6H,1H3,(H,19,20)(H,16,17,18). The number of carbonyl (C=O) groups excluding carboxylic acids is 1. The molecule has 2 rings (SSSR count). The molecule has 0 saturated carbocycles. The Kier molecular flexibility index (Phi) is 3.95. The smallest absolute Gasteiger partial charge is 0.337 e. The first kappa shape index (κ1) is 14.0. The Morgan fingerprint density at radius 2 is 2.00 bits per heavy atom. The van der Waals surface area contributed by atoms with Gasteiger partial charge in [0.15, 0.2) is 0 Å². The summed E-state index contributed by atoms with van der Waals surface area (Å²) in [5.41, 5.74) is 0.967. The quantitative estimate of drug-likeness (QED) is 0.906. The number of carboxylic acids is 1. The summed E-state index contributed by atoms with van der Waals surface area (Å²) >= 11 is 5.96. The van der Waals surface area contributed by atoms with E-state index in [1.807, 2.05) is 0 Å². The van der Waals surface area contributed by atoms with Crippen molar-refractivity contribution in [2.45, 2.75) is 6.92 Å². The van der Waals surface area contributed by atoms with Gasteiger partial charge < -0.3 is 10.4 Å². The van der Waals surface area contributed by atoms with Crippen molar-refractivity contribution < 1.29 is 14.7 Å². The molecule has 7 heteroatoms. The Bertz CT molecular complexity index is 671. The van der Waals surface area contributed by atoms with Crippen LogP contribution in [0.3, 0.4) is 0 Å². The zero-order valence-corrected chi connectivity index (χ0v) is 11.2. The average Bonchev–Trinajstić information content (AvgIpc) is 2.39. The Labute approximate surface area is 119 Å². The molecule has 0 aliphatic carbocycles. The molecule has 1 amide bonds. The van der Waals surface area contributed by atoms with Crippen molar-refractivity contribution in [2.24, 2.45) is 0 Å². The van der Waals surface area contributed by atoms with Gasteiger partial charge in [-0.25, -0.2) is 9.78 Å². The van der Waals surface area contributed by atoms with Gasteiger partial charge in [0.1, 0.15) is 5.82 Å². The van der Waals surface area contributed by atoms with E-state index in [4.69, 9.17) is 16.7 Å². The van der Waals surface area contributed by atoms with Crippen LogP contribution in [0, 0.1) is 6.92 Å². The third-order valence-corrected chi connectivity index (χ3v) is 2.80. The Morgan fingerprint density at radius 1 is 1.25 bits per heavy atom. The van der Waals surface area contributed by atoms with E-state index in [-0.39, 0.29) is 22.0 Å². The van der Waals surface area contributed by atoms with E-state index in [0.29, 0.717) is 5.69 Å². The number of hydrogen-bond acceptors (Lipinski definition) is 4. The number of nitrogens with one attached hydrogen (secondary N) is 1. The van der Waals surface area contributed by atoms with Gasteiger partial charge in [-0.1, -0.05) is 11.6 Å². The molecule has 0 atom stereocenters. The molecule has 0 unspecified atom stereocenters. The maximum absolute atomic E-state index is 12.0. The van der Waals surface area contributed by atoms with Crippen molar-refractivity contribution in [3.05, 3.63) is 52.4 Å². The van der Waals surface area contributed by atoms with E-state index in [9.17, 15) is 9.59 Å². The lowest BCUT2D eigenvalue weighted by Crippen LogP contribution is -2.14. The molecule has 0 aliphatic heterocycles. The Morgan fingerprint density at radius 3 is 2.55 bits per heavy atom. The minimum atomic E-state index is -1.08. The van der Waals surface area contributed by atoms with Crippen molar-refractivity contribution in [3.63, 3.8) is 0 Å². The first-order chi connectivity index (χ1) is 9.47. The van der Waals surface area contributed by atoms with Gasteiger partial charge in [0.2, 0.25) is 0 Å². The van der Waals surface area contributed by atoms with E-state index in [1.54, 1.807) is 13.0 Å². The molecule has 2 aromatic heterocycles. The largest absolute Gasteiger partial charge is 0.478 e. The summed E-state index contributed by atoms with van der Waals surface area (Å²) in [5, 5.41) is 11.6. The fourth-order valence-corrected chi connectivity index (χ4v) is 1.76. The zero-order chi connectivity index (χ0) is 14.7. The number of aromatic carboxylic acids is 1. The summed E-state index contributed by atoms with van der Waals surface area (Å²) in [4.78, 5) is 30.5. The molecule has 102 valence electrons. The zero-order valence-electron chi connectivity index (χ0n) is 10.4. The van der Waals surface area contributed by atoms with Crippen LogP contribution in [0.4, 0.5) is 5.82 Å². The van der Waals surface area contributed by atoms with E-state index < -0.39 is 11.9 Å². The maximum atomic E-state index is 12.0. The molecule has 6 nitrogen and oxygen atoms in total. The lowest BCUT2D eigenvalue weighted by molar-refractivity contribution is 0.0696. The van der Waals surface area contributed by atoms with Gasteiger partial charge >= 0.3 is 5.97 Å². The van der Waals surface area contributed by atoms with Crippen LogP contribution in [-0.4, -0.2) is 27.0 Å². The molecule has 0 fully saturated rings. The fraction of sp³-hybridized carbons (Fsp3) is 0.0769. The number of aromatic nitrogens is 2. The molecule has 2 N–H and O–H groups in total. The highest BCUT2D eigenvalue weighted by Crippen LogP contribution is 2.17. The van der Waals surface area contributed by atoms with Gasteiger partial charge in [-0.05, 0) is 25.1 Å². The average molecular weight is 292 g/mol. The number of hydrogen-bond donors (Lipinski definition) is 2. The summed E-state index contributed by atoms with van der Waals surface area (Å²) in [5.74, 6) is -1.31. The van der Waals surface area contributed by atoms with Gasteiger partial charge in [0.25, 0.3) is 5.91 Å². The number of amides is 1. The second kappa shape index (κ2) is 5.66. The van der Waals surface area contributed by atoms with Crippen LogP contribution in [0.1, 0.15) is 26.4 Å². The van der Waals surface area contributed by atoms with Gasteiger partial charge in [0.05, 0.1) is 16.1 Å². The van der Waals surface area contributed by atoms with E-state index in [1.165, 1.54) is 18.3 Å². The summed E-state index contributed by atoms with van der Waals surface area (Å²) < 4.78 is 0. The van der Waals surface area contributed by atoms with Crippen LogP contribution >= 0.6 is 11.6 Å². The molecule has 0 radical (unpaired) electrons. The highest BCUT2D eigenvalue weighted by molar-refractivity contribution is 6.34. The summed E-state index contributed by atoms with van der Waals surface area (Å²) in [6, 6.07) is 4.33. The molecule has 0 spiro atoms. The van der Waals surface area contributed by atoms with E-state index >= 15 is 0 Å². The van der Waals surface area contributed by atoms with Gasteiger partial charge in [-0.3, -0.25) is 9.78 Å². The van der Waals surface area contributed by atoms with E-state index in [0.717, 1.165) is 6.20 Å². The first-order valence-corrected chi connectivity index (χ1v) is 5.98. The molecule has 2 aromatic rings. The number of pyridine rings is 2. The monoisotopic (exact) mass is 291 g/mol. The number of rotatable bonds is 3. The highest BCUT2D eigenvalue weighted by Gasteiger charge is 2.12. The van der Waals surface area contributed by atoms with Crippen molar-refractivity contribution in [2.75, 3.05) is 5.32 Å². The summed E-state index contributed by atoms with van der Waals surface area (Å²) in [6.45, 7) is 1.76. The van der Waals surface area contributed by atoms with Crippen LogP contribution in [0.5, 0.6) is 0 Å². The van der Waals surface area contributed by atoms with Crippen molar-refractivity contribution in [3.8, 4) is 0 Å². The predicted molar refractivity (Wildman–Crippen MR) is 73.1 cm³/mol. The normalized spacial score (nSPS) is 10.1. The number of anilines is 1. The van der Waals surface area contributed by atoms with Crippen LogP contribution < -0.4 is 5.32 Å². The number of nitrogens with zero attached hydrogens (tertiary/aromatic N) is 2. The number of carboxylic acid groups (broad SMARTS) is 1. The Hall–Kier alpha value is -2.47. The predicted octanol–water partition coefficient (Wildman–Crippen LogP) is 2.39. The van der Waals surface area contributed by atoms with Gasteiger partial charge in [0, 0.05) is 18.1 Å². The van der Waals surface area contributed by atoms with Gasteiger partial charge in [-0.2, -0.15) is 0 Å². The molecule has 0 bridgehead atoms. The van der Waals surface area contributed by atoms with Crippen molar-refractivity contribution in [1.82, 2.24) is 9.97 Å². The molecular weight excluding hydrogens is 282 g/mol. The third-order valence-electron chi connectivity index (χ3n) is 2.49. The minimum Gasteiger partial charge on any atom is -0.478 e. The third kappa shape index (κ3) is 3.10. The van der Waals surface area contributed by atoms with Crippen LogP contribution in [-0.2, 0) is 0 Å². The molecular formula is C13H10ClN3O3. The van der Waals surface area contributed by atoms with Crippen LogP contribution in [0.2, 0.25) is 5.02 Å². The lowest BCUT2D eigenvalue weighted by Gasteiger charge is -2.06. The minimum absolute atomic E-state index is 0.0398. The molecule has 0 aromatic carbocycles. The number of halogens is 1. The lowest BCUT2D eigenvalue weighted by atomic mass is 10.2. The summed E-state index contributed by atoms with van der Waals surface area (Å²) in [6.07, 6.45) is 2.53. The Balaban J connectivity index is 2.17. The molecule has 2 heterocycles. The molecule has 20 heavy (non-hydrogen) atoms. The van der Waals surface area contributed by atoms with Crippen LogP contribution in [0.15, 0.2) is 30.6 Å². The molecule has 0 aliphatic rings. The number of aryl methyl sites for hydroxylation is 1. The first-order valence-electron chi connectivity index (χ1n) is 5.60. The van der Waals surface area contributed by atoms with Gasteiger partial charge in [-0.15, -0.1) is 0 Å². The number of carbonyl (C=O) groups is 2. The maximum Gasteiger partial charge on any atom is 0.337 e. The van der Waals surface area contributed by atoms with Crippen molar-refractivity contribution in [1.29, 1.82) is 0 Å². The van der Waals surface area contributed by atoms with Crippen molar-refractivity contribution >= 4 is 29.3 Å². The summed E-state index contributed by atoms with van der Waals surface area (Å²) in [7, 11) is 0. The fourth-order valence-electron chi connectivity index (χ4n) is 1.47. The highest BCUT2D eigenvalue weighted by atomic mass is 35.5. The molecule has 0 saturated heterocycles. The van der Waals surface area contributed by atoms with Crippen LogP contribution in [0.25, 0.3) is 0 Å². The van der Waals surface area contributed by atoms with E-state index in [2.05, 4.69) is 15.3 Å². The second-order valence-electron chi connectivity index (χ2n) is 4.00.